The molecule has 0 aliphatic heterocycles. The van der Waals surface area contributed by atoms with Crippen LogP contribution in [0.5, 0.6) is 5.75 Å². The van der Waals surface area contributed by atoms with E-state index in [0.717, 1.165) is 28.8 Å². The summed E-state index contributed by atoms with van der Waals surface area (Å²) in [5.74, 6) is 2.42. The highest BCUT2D eigenvalue weighted by Gasteiger charge is 2.16. The Morgan fingerprint density at radius 3 is 2.41 bits per heavy atom. The van der Waals surface area contributed by atoms with Gasteiger partial charge in [-0.25, -0.2) is 0 Å². The summed E-state index contributed by atoms with van der Waals surface area (Å²) < 4.78 is 7.26. The van der Waals surface area contributed by atoms with Gasteiger partial charge in [0.25, 0.3) is 0 Å². The summed E-state index contributed by atoms with van der Waals surface area (Å²) >= 11 is 7.41. The number of methoxy groups -OCH3 is 1. The van der Waals surface area contributed by atoms with Crippen molar-refractivity contribution in [1.29, 1.82) is 0 Å². The number of Topliss-reactive ketones (excluding diaryl/α,β-unsaturated/α-hetero) is 1. The highest BCUT2D eigenvalue weighted by atomic mass is 35.5. The molecule has 152 valence electrons. The third kappa shape index (κ3) is 5.84. The minimum Gasteiger partial charge on any atom is -0.497 e. The summed E-state index contributed by atoms with van der Waals surface area (Å²) in [5.41, 5.74) is 1.78. The van der Waals surface area contributed by atoms with E-state index in [9.17, 15) is 4.79 Å². The molecule has 0 atom stereocenters. The first kappa shape index (κ1) is 21.4. The molecular weight excluding hydrogens is 406 g/mol. The van der Waals surface area contributed by atoms with E-state index < -0.39 is 0 Å². The van der Waals surface area contributed by atoms with Crippen molar-refractivity contribution in [2.24, 2.45) is 5.92 Å². The Kier molecular flexibility index (Phi) is 7.34. The molecule has 1 aromatic heterocycles. The van der Waals surface area contributed by atoms with Crippen molar-refractivity contribution in [3.05, 3.63) is 70.5 Å². The maximum atomic E-state index is 12.5. The number of ketones is 1. The van der Waals surface area contributed by atoms with E-state index in [1.165, 1.54) is 11.8 Å². The number of carbonyl (C=O) groups is 1. The summed E-state index contributed by atoms with van der Waals surface area (Å²) in [6, 6.07) is 14.9. The molecule has 0 aliphatic carbocycles. The van der Waals surface area contributed by atoms with Crippen LogP contribution in [0, 0.1) is 5.92 Å². The molecule has 2 aromatic carbocycles. The molecule has 0 amide bonds. The minimum absolute atomic E-state index is 0.0519. The fraction of sp³-hybridized carbons (Fsp3) is 0.318. The van der Waals surface area contributed by atoms with Crippen LogP contribution in [0.1, 0.15) is 35.6 Å². The summed E-state index contributed by atoms with van der Waals surface area (Å²) in [4.78, 5) is 12.5. The Morgan fingerprint density at radius 1 is 1.10 bits per heavy atom. The van der Waals surface area contributed by atoms with Crippen LogP contribution in [0.15, 0.2) is 53.7 Å². The monoisotopic (exact) mass is 429 g/mol. The van der Waals surface area contributed by atoms with Gasteiger partial charge in [0.05, 0.1) is 12.9 Å². The lowest BCUT2D eigenvalue weighted by atomic mass is 10.1. The maximum absolute atomic E-state index is 12.5. The first-order chi connectivity index (χ1) is 14.0. The van der Waals surface area contributed by atoms with Gasteiger partial charge in [0.2, 0.25) is 0 Å². The molecule has 0 spiro atoms. The fourth-order valence-corrected chi connectivity index (χ4v) is 3.87. The summed E-state index contributed by atoms with van der Waals surface area (Å²) in [5, 5.41) is 10.2. The predicted octanol–water partition coefficient (Wildman–Crippen LogP) is 5.16. The van der Waals surface area contributed by atoms with Gasteiger partial charge in [-0.1, -0.05) is 49.3 Å². The lowest BCUT2D eigenvalue weighted by molar-refractivity contribution is 0.102. The van der Waals surface area contributed by atoms with Gasteiger partial charge in [0.15, 0.2) is 10.9 Å². The number of aromatic nitrogens is 3. The number of halogens is 1. The molecule has 0 fully saturated rings. The van der Waals surface area contributed by atoms with Crippen molar-refractivity contribution in [2.45, 2.75) is 32.0 Å². The number of carbonyl (C=O) groups excluding carboxylic acids is 1. The van der Waals surface area contributed by atoms with Crippen LogP contribution in [-0.4, -0.2) is 33.4 Å². The average Bonchev–Trinajstić information content (AvgIpc) is 3.08. The topological polar surface area (TPSA) is 57.0 Å². The normalized spacial score (nSPS) is 11.1. The molecule has 0 bridgehead atoms. The summed E-state index contributed by atoms with van der Waals surface area (Å²) in [6.07, 6.45) is 0.671. The molecule has 0 saturated carbocycles. The quantitative estimate of drug-likeness (QED) is 0.347. The van der Waals surface area contributed by atoms with Crippen LogP contribution in [0.4, 0.5) is 0 Å². The fourth-order valence-electron chi connectivity index (χ4n) is 2.88. The van der Waals surface area contributed by atoms with Gasteiger partial charge < -0.3 is 9.30 Å². The zero-order valence-electron chi connectivity index (χ0n) is 16.8. The number of thioether (sulfide) groups is 1. The van der Waals surface area contributed by atoms with E-state index in [1.54, 1.807) is 31.4 Å². The first-order valence-electron chi connectivity index (χ1n) is 9.43. The van der Waals surface area contributed by atoms with Crippen LogP contribution >= 0.6 is 23.4 Å². The average molecular weight is 430 g/mol. The second kappa shape index (κ2) is 9.94. The molecule has 7 heteroatoms. The number of rotatable bonds is 9. The summed E-state index contributed by atoms with van der Waals surface area (Å²) in [7, 11) is 1.61. The van der Waals surface area contributed by atoms with Gasteiger partial charge in [-0.3, -0.25) is 4.79 Å². The largest absolute Gasteiger partial charge is 0.497 e. The SMILES string of the molecule is COc1ccc(C(=O)CSc2nnc(Cc3ccc(Cl)cc3)n2CC(C)C)cc1. The highest BCUT2D eigenvalue weighted by Crippen LogP contribution is 2.22. The third-order valence-electron chi connectivity index (χ3n) is 4.36. The van der Waals surface area contributed by atoms with Crippen LogP contribution in [-0.2, 0) is 13.0 Å². The molecular formula is C22H24ClN3O2S. The van der Waals surface area contributed by atoms with Crippen LogP contribution in [0.2, 0.25) is 5.02 Å². The van der Waals surface area contributed by atoms with Crippen LogP contribution in [0.25, 0.3) is 0 Å². The van der Waals surface area contributed by atoms with Gasteiger partial charge in [0, 0.05) is 23.6 Å². The van der Waals surface area contributed by atoms with Crippen LogP contribution < -0.4 is 4.74 Å². The highest BCUT2D eigenvalue weighted by molar-refractivity contribution is 7.99. The Bertz CT molecular complexity index is 953. The van der Waals surface area contributed by atoms with E-state index in [-0.39, 0.29) is 5.78 Å². The maximum Gasteiger partial charge on any atom is 0.191 e. The number of nitrogens with zero attached hydrogens (tertiary/aromatic N) is 3. The zero-order chi connectivity index (χ0) is 20.8. The molecule has 3 rings (SSSR count). The van der Waals surface area contributed by atoms with E-state index in [4.69, 9.17) is 16.3 Å². The Balaban J connectivity index is 1.73. The van der Waals surface area contributed by atoms with E-state index >= 15 is 0 Å². The molecule has 0 radical (unpaired) electrons. The van der Waals surface area contributed by atoms with Crippen LogP contribution in [0.3, 0.4) is 0 Å². The van der Waals surface area contributed by atoms with E-state index in [0.29, 0.717) is 28.7 Å². The zero-order valence-corrected chi connectivity index (χ0v) is 18.3. The molecule has 3 aromatic rings. The van der Waals surface area contributed by atoms with Crippen molar-refractivity contribution in [3.63, 3.8) is 0 Å². The van der Waals surface area contributed by atoms with Crippen molar-refractivity contribution in [1.82, 2.24) is 14.8 Å². The van der Waals surface area contributed by atoms with Crippen molar-refractivity contribution >= 4 is 29.1 Å². The van der Waals surface area contributed by atoms with Gasteiger partial charge in [-0.05, 0) is 47.9 Å². The Labute approximate surface area is 180 Å². The van der Waals surface area contributed by atoms with E-state index in [2.05, 4.69) is 28.6 Å². The van der Waals surface area contributed by atoms with Crippen molar-refractivity contribution in [3.8, 4) is 5.75 Å². The molecule has 0 aliphatic rings. The second-order valence-electron chi connectivity index (χ2n) is 7.15. The second-order valence-corrected chi connectivity index (χ2v) is 8.53. The van der Waals surface area contributed by atoms with Gasteiger partial charge >= 0.3 is 0 Å². The predicted molar refractivity (Wildman–Crippen MR) is 117 cm³/mol. The van der Waals surface area contributed by atoms with E-state index in [1.807, 2.05) is 24.3 Å². The smallest absolute Gasteiger partial charge is 0.191 e. The molecule has 0 unspecified atom stereocenters. The van der Waals surface area contributed by atoms with Gasteiger partial charge in [0.1, 0.15) is 11.6 Å². The Hall–Kier alpha value is -2.31. The number of benzene rings is 2. The van der Waals surface area contributed by atoms with Crippen molar-refractivity contribution < 1.29 is 9.53 Å². The minimum atomic E-state index is 0.0519. The lowest BCUT2D eigenvalue weighted by Gasteiger charge is -2.12. The van der Waals surface area contributed by atoms with Gasteiger partial charge in [-0.15, -0.1) is 10.2 Å². The molecule has 0 N–H and O–H groups in total. The number of hydrogen-bond donors (Lipinski definition) is 0. The third-order valence-corrected chi connectivity index (χ3v) is 5.58. The molecule has 5 nitrogen and oxygen atoms in total. The molecule has 1 heterocycles. The van der Waals surface area contributed by atoms with Crippen molar-refractivity contribution in [2.75, 3.05) is 12.9 Å². The first-order valence-corrected chi connectivity index (χ1v) is 10.8. The Morgan fingerprint density at radius 2 is 1.79 bits per heavy atom. The number of ether oxygens (including phenoxy) is 1. The standard InChI is InChI=1S/C22H24ClN3O2S/c1-15(2)13-26-21(12-16-4-8-18(23)9-5-16)24-25-22(26)29-14-20(27)17-6-10-19(28-3)11-7-17/h4-11,15H,12-14H2,1-3H3. The number of hydrogen-bond acceptors (Lipinski definition) is 5. The molecule has 0 saturated heterocycles. The summed E-state index contributed by atoms with van der Waals surface area (Å²) in [6.45, 7) is 5.11. The van der Waals surface area contributed by atoms with Gasteiger partial charge in [-0.2, -0.15) is 0 Å². The lowest BCUT2D eigenvalue weighted by Crippen LogP contribution is -2.11. The molecule has 29 heavy (non-hydrogen) atoms.